The van der Waals surface area contributed by atoms with Gasteiger partial charge in [-0.3, -0.25) is 0 Å². The molecule has 1 unspecified atom stereocenters. The Morgan fingerprint density at radius 1 is 1.50 bits per heavy atom. The highest BCUT2D eigenvalue weighted by molar-refractivity contribution is 5.66. The number of ether oxygens (including phenoxy) is 3. The zero-order valence-corrected chi connectivity index (χ0v) is 10.6. The van der Waals surface area contributed by atoms with E-state index in [1.807, 2.05) is 18.2 Å². The summed E-state index contributed by atoms with van der Waals surface area (Å²) in [7, 11) is 2.98. The fraction of sp³-hybridized carbons (Fsp3) is 0.462. The maximum Gasteiger partial charge on any atom is 0.406 e. The predicted octanol–water partition coefficient (Wildman–Crippen LogP) is 1.60. The van der Waals surface area contributed by atoms with Gasteiger partial charge in [0.25, 0.3) is 0 Å². The molecule has 1 aromatic carbocycles. The molecule has 5 nitrogen and oxygen atoms in total. The van der Waals surface area contributed by atoms with Crippen LogP contribution in [-0.2, 0) is 11.2 Å². The first-order chi connectivity index (χ1) is 8.74. The van der Waals surface area contributed by atoms with Crippen molar-refractivity contribution in [2.75, 3.05) is 27.4 Å². The Morgan fingerprint density at radius 3 is 3.06 bits per heavy atom. The first-order valence-corrected chi connectivity index (χ1v) is 5.85. The molecule has 1 aliphatic rings. The summed E-state index contributed by atoms with van der Waals surface area (Å²) in [4.78, 5) is 11.0. The minimum atomic E-state index is -0.411. The van der Waals surface area contributed by atoms with E-state index in [0.717, 1.165) is 23.5 Å². The molecule has 0 saturated heterocycles. The van der Waals surface area contributed by atoms with Crippen molar-refractivity contribution in [3.8, 4) is 11.5 Å². The van der Waals surface area contributed by atoms with Crippen LogP contribution in [0.5, 0.6) is 11.5 Å². The summed E-state index contributed by atoms with van der Waals surface area (Å²) in [6, 6.07) is 5.84. The summed E-state index contributed by atoms with van der Waals surface area (Å²) in [5.74, 6) is 1.82. The first kappa shape index (κ1) is 12.5. The van der Waals surface area contributed by atoms with Gasteiger partial charge in [0.1, 0.15) is 0 Å². The quantitative estimate of drug-likeness (QED) is 0.886. The Morgan fingerprint density at radius 2 is 2.33 bits per heavy atom. The molecule has 1 atom stereocenters. The molecule has 1 aliphatic heterocycles. The van der Waals surface area contributed by atoms with E-state index in [1.165, 1.54) is 7.11 Å². The van der Waals surface area contributed by atoms with E-state index in [4.69, 9.17) is 9.47 Å². The van der Waals surface area contributed by atoms with Gasteiger partial charge in [-0.2, -0.15) is 0 Å². The predicted molar refractivity (Wildman–Crippen MR) is 66.1 cm³/mol. The Bertz CT molecular complexity index is 433. The number of hydrogen-bond donors (Lipinski definition) is 1. The number of fused-ring (bicyclic) bond motifs is 1. The molecule has 0 fully saturated rings. The number of nitrogens with one attached hydrogen (secondary N) is 1. The number of para-hydroxylation sites is 1. The van der Waals surface area contributed by atoms with Crippen LogP contribution in [0.3, 0.4) is 0 Å². The highest BCUT2D eigenvalue weighted by Gasteiger charge is 2.22. The molecule has 18 heavy (non-hydrogen) atoms. The Balaban J connectivity index is 2.00. The molecule has 1 heterocycles. The number of carbonyl (C=O) groups is 1. The monoisotopic (exact) mass is 251 g/mol. The van der Waals surface area contributed by atoms with Crippen LogP contribution in [0.1, 0.15) is 5.56 Å². The first-order valence-electron chi connectivity index (χ1n) is 5.85. The van der Waals surface area contributed by atoms with Crippen LogP contribution in [0.2, 0.25) is 0 Å². The molecular weight excluding hydrogens is 234 g/mol. The van der Waals surface area contributed by atoms with Crippen molar-refractivity contribution >= 4 is 6.09 Å². The van der Waals surface area contributed by atoms with E-state index in [9.17, 15) is 4.79 Å². The fourth-order valence-corrected chi connectivity index (χ4v) is 2.05. The van der Waals surface area contributed by atoms with Crippen molar-refractivity contribution in [2.24, 2.45) is 5.92 Å². The minimum absolute atomic E-state index is 0.253. The van der Waals surface area contributed by atoms with Crippen molar-refractivity contribution in [2.45, 2.75) is 6.42 Å². The molecule has 1 aromatic rings. The van der Waals surface area contributed by atoms with Gasteiger partial charge < -0.3 is 19.5 Å². The molecule has 5 heteroatoms. The molecule has 0 aliphatic carbocycles. The van der Waals surface area contributed by atoms with E-state index < -0.39 is 6.09 Å². The lowest BCUT2D eigenvalue weighted by Crippen LogP contribution is -2.34. The Kier molecular flexibility index (Phi) is 3.92. The lowest BCUT2D eigenvalue weighted by molar-refractivity contribution is 0.162. The van der Waals surface area contributed by atoms with Crippen LogP contribution >= 0.6 is 0 Å². The van der Waals surface area contributed by atoms with E-state index in [1.54, 1.807) is 7.11 Å². The van der Waals surface area contributed by atoms with Crippen LogP contribution in [0.15, 0.2) is 18.2 Å². The second-order valence-electron chi connectivity index (χ2n) is 4.20. The van der Waals surface area contributed by atoms with Crippen LogP contribution in [0.25, 0.3) is 0 Å². The van der Waals surface area contributed by atoms with E-state index in [-0.39, 0.29) is 5.92 Å². The molecule has 0 aromatic heterocycles. The molecular formula is C13H17NO4. The maximum atomic E-state index is 11.0. The van der Waals surface area contributed by atoms with Crippen molar-refractivity contribution in [3.05, 3.63) is 23.8 Å². The normalized spacial score (nSPS) is 17.3. The fourth-order valence-electron chi connectivity index (χ4n) is 2.05. The number of carbonyl (C=O) groups excluding carboxylic acids is 1. The van der Waals surface area contributed by atoms with Crippen molar-refractivity contribution in [1.29, 1.82) is 0 Å². The van der Waals surface area contributed by atoms with Gasteiger partial charge in [0.15, 0.2) is 11.5 Å². The molecule has 0 spiro atoms. The topological polar surface area (TPSA) is 56.8 Å². The zero-order chi connectivity index (χ0) is 13.0. The van der Waals surface area contributed by atoms with Gasteiger partial charge in [0.2, 0.25) is 0 Å². The zero-order valence-electron chi connectivity index (χ0n) is 10.6. The van der Waals surface area contributed by atoms with Crippen molar-refractivity contribution < 1.29 is 19.0 Å². The number of amides is 1. The van der Waals surface area contributed by atoms with E-state index in [0.29, 0.717) is 13.2 Å². The van der Waals surface area contributed by atoms with E-state index >= 15 is 0 Å². The highest BCUT2D eigenvalue weighted by Crippen LogP contribution is 2.35. The third-order valence-corrected chi connectivity index (χ3v) is 2.97. The lowest BCUT2D eigenvalue weighted by Gasteiger charge is -2.26. The summed E-state index contributed by atoms with van der Waals surface area (Å²) < 4.78 is 15.5. The second-order valence-corrected chi connectivity index (χ2v) is 4.20. The Hall–Kier alpha value is -1.91. The summed E-state index contributed by atoms with van der Waals surface area (Å²) in [5, 5.41) is 2.69. The molecule has 0 saturated carbocycles. The number of hydrogen-bond acceptors (Lipinski definition) is 4. The largest absolute Gasteiger partial charge is 0.493 e. The number of alkyl carbamates (subject to hydrolysis) is 1. The number of benzene rings is 1. The van der Waals surface area contributed by atoms with Crippen LogP contribution in [-0.4, -0.2) is 33.5 Å². The van der Waals surface area contributed by atoms with Gasteiger partial charge in [0.05, 0.1) is 20.8 Å². The van der Waals surface area contributed by atoms with Crippen LogP contribution in [0, 0.1) is 5.92 Å². The smallest absolute Gasteiger partial charge is 0.406 e. The average Bonchev–Trinajstić information content (AvgIpc) is 2.43. The number of rotatable bonds is 3. The standard InChI is InChI=1S/C13H17NO4/c1-16-11-5-3-4-10-6-9(8-18-12(10)11)7-14-13(15)17-2/h3-5,9H,6-8H2,1-2H3,(H,14,15). The summed E-state index contributed by atoms with van der Waals surface area (Å²) in [6.07, 6.45) is 0.447. The van der Waals surface area contributed by atoms with Gasteiger partial charge in [-0.15, -0.1) is 0 Å². The van der Waals surface area contributed by atoms with Crippen LogP contribution < -0.4 is 14.8 Å². The van der Waals surface area contributed by atoms with Crippen molar-refractivity contribution in [3.63, 3.8) is 0 Å². The van der Waals surface area contributed by atoms with Crippen molar-refractivity contribution in [1.82, 2.24) is 5.32 Å². The molecule has 1 N–H and O–H groups in total. The van der Waals surface area contributed by atoms with E-state index in [2.05, 4.69) is 10.1 Å². The average molecular weight is 251 g/mol. The molecule has 98 valence electrons. The number of methoxy groups -OCH3 is 2. The Labute approximate surface area is 106 Å². The van der Waals surface area contributed by atoms with Gasteiger partial charge in [-0.1, -0.05) is 12.1 Å². The van der Waals surface area contributed by atoms with Gasteiger partial charge >= 0.3 is 6.09 Å². The summed E-state index contributed by atoms with van der Waals surface area (Å²) in [6.45, 7) is 1.11. The third-order valence-electron chi connectivity index (χ3n) is 2.97. The molecule has 0 bridgehead atoms. The van der Waals surface area contributed by atoms with Crippen LogP contribution in [0.4, 0.5) is 4.79 Å². The molecule has 2 rings (SSSR count). The highest BCUT2D eigenvalue weighted by atomic mass is 16.5. The lowest BCUT2D eigenvalue weighted by atomic mass is 9.96. The third kappa shape index (κ3) is 2.67. The minimum Gasteiger partial charge on any atom is -0.493 e. The summed E-state index contributed by atoms with van der Waals surface area (Å²) >= 11 is 0. The SMILES string of the molecule is COC(=O)NCC1COc2c(cccc2OC)C1. The molecule has 1 amide bonds. The van der Waals surface area contributed by atoms with Gasteiger partial charge in [0, 0.05) is 12.5 Å². The summed E-state index contributed by atoms with van der Waals surface area (Å²) in [5.41, 5.74) is 1.11. The molecule has 0 radical (unpaired) electrons. The van der Waals surface area contributed by atoms with Gasteiger partial charge in [-0.25, -0.2) is 4.79 Å². The van der Waals surface area contributed by atoms with Gasteiger partial charge in [-0.05, 0) is 18.1 Å². The maximum absolute atomic E-state index is 11.0. The second kappa shape index (κ2) is 5.62.